The first kappa shape index (κ1) is 11.2. The van der Waals surface area contributed by atoms with Crippen LogP contribution in [0.15, 0.2) is 10.2 Å². The Morgan fingerprint density at radius 1 is 1.70 bits per heavy atom. The van der Waals surface area contributed by atoms with Gasteiger partial charge in [-0.1, -0.05) is 18.5 Å². The fourth-order valence-electron chi connectivity index (χ4n) is 0.293. The maximum atomic E-state index is 10.7. The Labute approximate surface area is 79.1 Å². The van der Waals surface area contributed by atoms with Crippen molar-refractivity contribution in [3.05, 3.63) is 10.2 Å². The van der Waals surface area contributed by atoms with Crippen molar-refractivity contribution < 1.29 is 4.57 Å². The van der Waals surface area contributed by atoms with Gasteiger partial charge in [-0.05, 0) is 28.2 Å². The van der Waals surface area contributed by atoms with Crippen molar-refractivity contribution >= 4 is 51.7 Å². The summed E-state index contributed by atoms with van der Waals surface area (Å²) in [6.07, 6.45) is 0. The van der Waals surface area contributed by atoms with Crippen LogP contribution in [0.2, 0.25) is 0 Å². The van der Waals surface area contributed by atoms with Crippen LogP contribution < -0.4 is 0 Å². The first-order valence-electron chi connectivity index (χ1n) is 2.46. The summed E-state index contributed by atoms with van der Waals surface area (Å²) in [7, 11) is 0. The molecule has 0 aliphatic rings. The number of rotatable bonds is 3. The van der Waals surface area contributed by atoms with Crippen LogP contribution in [0.4, 0.5) is 0 Å². The molecule has 0 amide bonds. The van der Waals surface area contributed by atoms with E-state index in [2.05, 4.69) is 0 Å². The third kappa shape index (κ3) is 7.30. The fourth-order valence-corrected chi connectivity index (χ4v) is 3.52. The Kier molecular flexibility index (Phi) is 5.54. The van der Waals surface area contributed by atoms with Gasteiger partial charge in [0.2, 0.25) is 0 Å². The zero-order chi connectivity index (χ0) is 8.20. The second-order valence-electron chi connectivity index (χ2n) is 1.37. The van der Waals surface area contributed by atoms with E-state index in [0.717, 1.165) is 5.75 Å². The molecular weight excluding hydrogens is 233 g/mol. The first-order chi connectivity index (χ1) is 4.45. The van der Waals surface area contributed by atoms with Crippen molar-refractivity contribution in [2.75, 3.05) is 5.75 Å². The molecule has 60 valence electrons. The van der Waals surface area contributed by atoms with E-state index in [1.165, 1.54) is 17.6 Å². The molecule has 0 saturated heterocycles. The molecule has 0 aliphatic carbocycles. The highest BCUT2D eigenvalue weighted by molar-refractivity contribution is 8.12. The molecule has 6 heteroatoms. The molecule has 0 aromatic heterocycles. The molecular formula is C4H6Cl3OPS. The van der Waals surface area contributed by atoms with Crippen LogP contribution in [0.3, 0.4) is 0 Å². The number of hydrogen-bond acceptors (Lipinski definition) is 2. The normalized spacial score (nSPS) is 13.8. The largest absolute Gasteiger partial charge is 0.285 e. The zero-order valence-electron chi connectivity index (χ0n) is 5.18. The number of thioether (sulfide) groups is 1. The van der Waals surface area contributed by atoms with Gasteiger partial charge in [-0.25, -0.2) is 0 Å². The standard InChI is InChI=1S/C4H6Cl3OPS/c1-2-10-4(5)3-9(6,7)8/h3H,2H2,1H3. The molecule has 0 fully saturated rings. The van der Waals surface area contributed by atoms with Gasteiger partial charge >= 0.3 is 0 Å². The van der Waals surface area contributed by atoms with E-state index in [1.807, 2.05) is 6.92 Å². The van der Waals surface area contributed by atoms with Crippen molar-refractivity contribution in [1.29, 1.82) is 0 Å². The number of halogens is 3. The first-order valence-corrected chi connectivity index (χ1v) is 7.41. The molecule has 0 spiro atoms. The predicted octanol–water partition coefficient (Wildman–Crippen LogP) is 4.45. The van der Waals surface area contributed by atoms with Crippen molar-refractivity contribution in [3.8, 4) is 0 Å². The van der Waals surface area contributed by atoms with Gasteiger partial charge in [-0.2, -0.15) is 0 Å². The molecule has 0 unspecified atom stereocenters. The van der Waals surface area contributed by atoms with Gasteiger partial charge in [0, 0.05) is 5.82 Å². The van der Waals surface area contributed by atoms with E-state index >= 15 is 0 Å². The summed E-state index contributed by atoms with van der Waals surface area (Å²) in [6, 6.07) is 0. The summed E-state index contributed by atoms with van der Waals surface area (Å²) in [5.41, 5.74) is 0. The Morgan fingerprint density at radius 3 is 2.50 bits per heavy atom. The summed E-state index contributed by atoms with van der Waals surface area (Å²) >= 11 is 17.3. The van der Waals surface area contributed by atoms with Crippen LogP contribution in [0, 0.1) is 0 Å². The van der Waals surface area contributed by atoms with E-state index in [9.17, 15) is 4.57 Å². The second kappa shape index (κ2) is 4.95. The van der Waals surface area contributed by atoms with Gasteiger partial charge in [0.15, 0.2) is 0 Å². The number of hydrogen-bond donors (Lipinski definition) is 0. The lowest BCUT2D eigenvalue weighted by molar-refractivity contribution is 0.597. The molecule has 0 aromatic carbocycles. The summed E-state index contributed by atoms with van der Waals surface area (Å²) in [5.74, 6) is -1.14. The molecule has 0 aromatic rings. The van der Waals surface area contributed by atoms with Crippen LogP contribution in [0.25, 0.3) is 0 Å². The van der Waals surface area contributed by atoms with Crippen molar-refractivity contribution in [2.45, 2.75) is 6.92 Å². The molecule has 0 radical (unpaired) electrons. The third-order valence-electron chi connectivity index (χ3n) is 0.534. The minimum atomic E-state index is -3.12. The van der Waals surface area contributed by atoms with Gasteiger partial charge < -0.3 is 0 Å². The fraction of sp³-hybridized carbons (Fsp3) is 0.500. The molecule has 0 aliphatic heterocycles. The van der Waals surface area contributed by atoms with Gasteiger partial charge in [0.25, 0.3) is 5.85 Å². The molecule has 0 atom stereocenters. The summed E-state index contributed by atoms with van der Waals surface area (Å²) in [5, 5.41) is 0. The minimum Gasteiger partial charge on any atom is -0.285 e. The Balaban J connectivity index is 4.04. The van der Waals surface area contributed by atoms with Crippen LogP contribution in [-0.4, -0.2) is 5.75 Å². The minimum absolute atomic E-state index is 0.385. The van der Waals surface area contributed by atoms with Gasteiger partial charge in [0.05, 0.1) is 4.36 Å². The molecule has 1 nitrogen and oxygen atoms in total. The van der Waals surface area contributed by atoms with E-state index in [1.54, 1.807) is 0 Å². The smallest absolute Gasteiger partial charge is 0.276 e. The topological polar surface area (TPSA) is 17.1 Å². The van der Waals surface area contributed by atoms with Crippen molar-refractivity contribution in [1.82, 2.24) is 0 Å². The van der Waals surface area contributed by atoms with Crippen LogP contribution in [0.5, 0.6) is 0 Å². The van der Waals surface area contributed by atoms with Gasteiger partial charge in [0.1, 0.15) is 0 Å². The highest BCUT2D eigenvalue weighted by atomic mass is 35.9. The van der Waals surface area contributed by atoms with E-state index in [4.69, 9.17) is 34.1 Å². The second-order valence-corrected chi connectivity index (χ2v) is 8.10. The Morgan fingerprint density at radius 2 is 2.20 bits per heavy atom. The maximum Gasteiger partial charge on any atom is 0.276 e. The van der Waals surface area contributed by atoms with Crippen molar-refractivity contribution in [2.24, 2.45) is 0 Å². The zero-order valence-corrected chi connectivity index (χ0v) is 9.16. The van der Waals surface area contributed by atoms with E-state index in [-0.39, 0.29) is 0 Å². The average molecular weight is 239 g/mol. The highest BCUT2D eigenvalue weighted by Crippen LogP contribution is 2.59. The quantitative estimate of drug-likeness (QED) is 0.677. The lowest BCUT2D eigenvalue weighted by atomic mass is 11.0. The van der Waals surface area contributed by atoms with Gasteiger partial charge in [-0.15, -0.1) is 11.8 Å². The maximum absolute atomic E-state index is 10.7. The monoisotopic (exact) mass is 238 g/mol. The van der Waals surface area contributed by atoms with E-state index < -0.39 is 5.85 Å². The van der Waals surface area contributed by atoms with Gasteiger partial charge in [-0.3, -0.25) is 4.57 Å². The third-order valence-corrected chi connectivity index (χ3v) is 3.12. The Hall–Kier alpha value is 1.19. The lowest BCUT2D eigenvalue weighted by Gasteiger charge is -1.94. The molecule has 0 rings (SSSR count). The summed E-state index contributed by atoms with van der Waals surface area (Å²) < 4.78 is 11.0. The molecule has 0 heterocycles. The summed E-state index contributed by atoms with van der Waals surface area (Å²) in [4.78, 5) is 0. The van der Waals surface area contributed by atoms with E-state index in [0.29, 0.717) is 4.36 Å². The van der Waals surface area contributed by atoms with Crippen LogP contribution in [0.1, 0.15) is 6.92 Å². The molecule has 0 saturated carbocycles. The predicted molar refractivity (Wildman–Crippen MR) is 51.4 cm³/mol. The molecule has 0 bridgehead atoms. The SMILES string of the molecule is CCSC(Cl)=CP(=O)(Cl)Cl. The lowest BCUT2D eigenvalue weighted by Crippen LogP contribution is -1.64. The van der Waals surface area contributed by atoms with Crippen LogP contribution >= 0.6 is 51.7 Å². The average Bonchev–Trinajstić information content (AvgIpc) is 1.59. The molecule has 0 N–H and O–H groups in total. The van der Waals surface area contributed by atoms with Crippen molar-refractivity contribution in [3.63, 3.8) is 0 Å². The Bertz CT molecular complexity index is 175. The molecule has 10 heavy (non-hydrogen) atoms. The van der Waals surface area contributed by atoms with Crippen LogP contribution in [-0.2, 0) is 4.57 Å². The summed E-state index contributed by atoms with van der Waals surface area (Å²) in [6.45, 7) is 1.92. The highest BCUT2D eigenvalue weighted by Gasteiger charge is 2.09.